The quantitative estimate of drug-likeness (QED) is 0.741. The highest BCUT2D eigenvalue weighted by atomic mass is 16.5. The SMILES string of the molecule is COc1c([C@@H]2CCCN2c2cnc3ccccc3n2)c(C)nn1C. The molecule has 0 unspecified atom stereocenters. The average Bonchev–Trinajstić information content (AvgIpc) is 3.17. The lowest BCUT2D eigenvalue weighted by atomic mass is 10.1. The van der Waals surface area contributed by atoms with Crippen molar-refractivity contribution in [1.82, 2.24) is 19.7 Å². The van der Waals surface area contributed by atoms with Crippen LogP contribution in [0.3, 0.4) is 0 Å². The maximum atomic E-state index is 5.60. The minimum Gasteiger partial charge on any atom is -0.481 e. The standard InChI is InChI=1S/C18H21N5O/c1-12-17(18(24-3)22(2)21-12)15-9-6-10-23(15)16-11-19-13-7-4-5-8-14(13)20-16/h4-5,7-8,11,15H,6,9-10H2,1-3H3/t15-/m0/s1. The molecular formula is C18H21N5O. The molecule has 6 nitrogen and oxygen atoms in total. The molecule has 1 saturated heterocycles. The van der Waals surface area contributed by atoms with Crippen LogP contribution in [-0.4, -0.2) is 33.4 Å². The van der Waals surface area contributed by atoms with Gasteiger partial charge in [-0.25, -0.2) is 9.67 Å². The Morgan fingerprint density at radius 1 is 1.21 bits per heavy atom. The van der Waals surface area contributed by atoms with Gasteiger partial charge in [-0.3, -0.25) is 4.98 Å². The summed E-state index contributed by atoms with van der Waals surface area (Å²) in [4.78, 5) is 11.7. The fourth-order valence-corrected chi connectivity index (χ4v) is 3.71. The maximum absolute atomic E-state index is 5.60. The summed E-state index contributed by atoms with van der Waals surface area (Å²) >= 11 is 0. The Balaban J connectivity index is 1.77. The number of para-hydroxylation sites is 2. The summed E-state index contributed by atoms with van der Waals surface area (Å²) in [5.74, 6) is 1.75. The van der Waals surface area contributed by atoms with Gasteiger partial charge >= 0.3 is 0 Å². The predicted molar refractivity (Wildman–Crippen MR) is 93.4 cm³/mol. The van der Waals surface area contributed by atoms with Gasteiger partial charge in [0.05, 0.1) is 41.6 Å². The van der Waals surface area contributed by atoms with Gasteiger partial charge in [-0.15, -0.1) is 0 Å². The lowest BCUT2D eigenvalue weighted by molar-refractivity contribution is 0.366. The van der Waals surface area contributed by atoms with Gasteiger partial charge in [0.2, 0.25) is 5.88 Å². The Hall–Kier alpha value is -2.63. The van der Waals surface area contributed by atoms with Crippen LogP contribution < -0.4 is 9.64 Å². The number of ether oxygens (including phenoxy) is 1. The Morgan fingerprint density at radius 2 is 2.00 bits per heavy atom. The number of benzene rings is 1. The molecule has 1 fully saturated rings. The Morgan fingerprint density at radius 3 is 2.79 bits per heavy atom. The molecule has 3 heterocycles. The first kappa shape index (κ1) is 14.9. The highest BCUT2D eigenvalue weighted by Gasteiger charge is 2.33. The number of hydrogen-bond donors (Lipinski definition) is 0. The Bertz CT molecular complexity index is 888. The minimum absolute atomic E-state index is 0.226. The summed E-state index contributed by atoms with van der Waals surface area (Å²) in [7, 11) is 3.62. The van der Waals surface area contributed by atoms with E-state index >= 15 is 0 Å². The highest BCUT2D eigenvalue weighted by molar-refractivity contribution is 5.75. The molecule has 1 aromatic carbocycles. The minimum atomic E-state index is 0.226. The number of anilines is 1. The largest absolute Gasteiger partial charge is 0.481 e. The second-order valence-corrected chi connectivity index (χ2v) is 6.20. The Kier molecular flexibility index (Phi) is 3.59. The van der Waals surface area contributed by atoms with E-state index < -0.39 is 0 Å². The summed E-state index contributed by atoms with van der Waals surface area (Å²) in [6.07, 6.45) is 4.06. The first-order valence-corrected chi connectivity index (χ1v) is 8.25. The van der Waals surface area contributed by atoms with Crippen LogP contribution in [-0.2, 0) is 7.05 Å². The lowest BCUT2D eigenvalue weighted by Gasteiger charge is -2.26. The van der Waals surface area contributed by atoms with Crippen molar-refractivity contribution >= 4 is 16.9 Å². The molecule has 1 aliphatic rings. The molecule has 0 saturated carbocycles. The van der Waals surface area contributed by atoms with Crippen LogP contribution in [0.25, 0.3) is 11.0 Å². The van der Waals surface area contributed by atoms with Crippen molar-refractivity contribution in [3.05, 3.63) is 41.7 Å². The number of hydrogen-bond acceptors (Lipinski definition) is 5. The topological polar surface area (TPSA) is 56.1 Å². The molecule has 0 spiro atoms. The lowest BCUT2D eigenvalue weighted by Crippen LogP contribution is -2.24. The van der Waals surface area contributed by atoms with E-state index in [-0.39, 0.29) is 6.04 Å². The Labute approximate surface area is 141 Å². The van der Waals surface area contributed by atoms with Crippen LogP contribution in [0.1, 0.15) is 30.1 Å². The van der Waals surface area contributed by atoms with E-state index in [2.05, 4.69) is 15.0 Å². The zero-order valence-electron chi connectivity index (χ0n) is 14.2. The van der Waals surface area contributed by atoms with Gasteiger partial charge in [-0.05, 0) is 31.9 Å². The van der Waals surface area contributed by atoms with Gasteiger partial charge in [-0.2, -0.15) is 5.10 Å². The van der Waals surface area contributed by atoms with E-state index in [0.717, 1.165) is 53.4 Å². The van der Waals surface area contributed by atoms with Crippen molar-refractivity contribution < 1.29 is 4.74 Å². The van der Waals surface area contributed by atoms with Crippen molar-refractivity contribution in [1.29, 1.82) is 0 Å². The molecule has 0 amide bonds. The van der Waals surface area contributed by atoms with Crippen molar-refractivity contribution in [2.24, 2.45) is 7.05 Å². The second-order valence-electron chi connectivity index (χ2n) is 6.20. The zero-order chi connectivity index (χ0) is 16.7. The van der Waals surface area contributed by atoms with Crippen molar-refractivity contribution in [3.8, 4) is 5.88 Å². The molecule has 0 aliphatic carbocycles. The van der Waals surface area contributed by atoms with E-state index in [9.17, 15) is 0 Å². The predicted octanol–water partition coefficient (Wildman–Crippen LogP) is 3.02. The molecule has 6 heteroatoms. The number of nitrogens with zero attached hydrogens (tertiary/aromatic N) is 5. The average molecular weight is 323 g/mol. The van der Waals surface area contributed by atoms with Crippen LogP contribution in [0.5, 0.6) is 5.88 Å². The van der Waals surface area contributed by atoms with Crippen LogP contribution in [0.2, 0.25) is 0 Å². The zero-order valence-corrected chi connectivity index (χ0v) is 14.2. The molecule has 1 aliphatic heterocycles. The second kappa shape index (κ2) is 5.78. The summed E-state index contributed by atoms with van der Waals surface area (Å²) in [5, 5.41) is 4.53. The number of rotatable bonds is 3. The van der Waals surface area contributed by atoms with Crippen LogP contribution >= 0.6 is 0 Å². The molecule has 1 atom stereocenters. The van der Waals surface area contributed by atoms with E-state index in [1.54, 1.807) is 7.11 Å². The van der Waals surface area contributed by atoms with Gasteiger partial charge in [0.1, 0.15) is 5.82 Å². The highest BCUT2D eigenvalue weighted by Crippen LogP contribution is 2.40. The monoisotopic (exact) mass is 323 g/mol. The third-order valence-electron chi connectivity index (χ3n) is 4.72. The molecule has 4 rings (SSSR count). The number of methoxy groups -OCH3 is 1. The normalized spacial score (nSPS) is 17.6. The van der Waals surface area contributed by atoms with E-state index in [1.165, 1.54) is 0 Å². The third kappa shape index (κ3) is 2.29. The first-order valence-electron chi connectivity index (χ1n) is 8.25. The van der Waals surface area contributed by atoms with Gasteiger partial charge in [-0.1, -0.05) is 12.1 Å². The van der Waals surface area contributed by atoms with Gasteiger partial charge < -0.3 is 9.64 Å². The number of aryl methyl sites for hydroxylation is 2. The van der Waals surface area contributed by atoms with Crippen LogP contribution in [0.4, 0.5) is 5.82 Å². The van der Waals surface area contributed by atoms with E-state index in [4.69, 9.17) is 9.72 Å². The molecule has 0 bridgehead atoms. The molecule has 2 aromatic heterocycles. The summed E-state index contributed by atoms with van der Waals surface area (Å²) in [6, 6.07) is 8.20. The number of aromatic nitrogens is 4. The number of fused-ring (bicyclic) bond motifs is 1. The smallest absolute Gasteiger partial charge is 0.216 e. The van der Waals surface area contributed by atoms with Crippen LogP contribution in [0.15, 0.2) is 30.5 Å². The van der Waals surface area contributed by atoms with Gasteiger partial charge in [0.25, 0.3) is 0 Å². The summed E-state index contributed by atoms with van der Waals surface area (Å²) in [6.45, 7) is 3.01. The third-order valence-corrected chi connectivity index (χ3v) is 4.72. The molecule has 0 radical (unpaired) electrons. The maximum Gasteiger partial charge on any atom is 0.216 e. The van der Waals surface area contributed by atoms with E-state index in [0.29, 0.717) is 0 Å². The summed E-state index contributed by atoms with van der Waals surface area (Å²) < 4.78 is 7.41. The molecule has 3 aromatic rings. The van der Waals surface area contributed by atoms with Crippen molar-refractivity contribution in [2.45, 2.75) is 25.8 Å². The van der Waals surface area contributed by atoms with Crippen LogP contribution in [0, 0.1) is 6.92 Å². The molecular weight excluding hydrogens is 302 g/mol. The molecule has 24 heavy (non-hydrogen) atoms. The summed E-state index contributed by atoms with van der Waals surface area (Å²) in [5.41, 5.74) is 4.02. The first-order chi connectivity index (χ1) is 11.7. The molecule has 0 N–H and O–H groups in total. The fourth-order valence-electron chi connectivity index (χ4n) is 3.71. The fraction of sp³-hybridized carbons (Fsp3) is 0.389. The van der Waals surface area contributed by atoms with Gasteiger partial charge in [0.15, 0.2) is 0 Å². The van der Waals surface area contributed by atoms with Crippen molar-refractivity contribution in [2.75, 3.05) is 18.6 Å². The van der Waals surface area contributed by atoms with Crippen molar-refractivity contribution in [3.63, 3.8) is 0 Å². The van der Waals surface area contributed by atoms with E-state index in [1.807, 2.05) is 49.1 Å². The molecule has 124 valence electrons. The van der Waals surface area contributed by atoms with Gasteiger partial charge in [0, 0.05) is 13.6 Å².